The van der Waals surface area contributed by atoms with Crippen molar-refractivity contribution in [3.63, 3.8) is 0 Å². The van der Waals surface area contributed by atoms with Gasteiger partial charge < -0.3 is 11.1 Å². The first-order chi connectivity index (χ1) is 14.2. The van der Waals surface area contributed by atoms with E-state index in [0.29, 0.717) is 22.6 Å². The van der Waals surface area contributed by atoms with Gasteiger partial charge in [0.2, 0.25) is 0 Å². The van der Waals surface area contributed by atoms with Gasteiger partial charge >= 0.3 is 0 Å². The van der Waals surface area contributed by atoms with Crippen LogP contribution in [0.25, 0.3) is 33.4 Å². The number of aromatic nitrogens is 4. The lowest BCUT2D eigenvalue weighted by Crippen LogP contribution is -2.22. The highest BCUT2D eigenvalue weighted by Gasteiger charge is 2.20. The van der Waals surface area contributed by atoms with Crippen LogP contribution in [0.15, 0.2) is 48.7 Å². The molecule has 0 amide bonds. The highest BCUT2D eigenvalue weighted by Crippen LogP contribution is 2.36. The third kappa shape index (κ3) is 3.40. The summed E-state index contributed by atoms with van der Waals surface area (Å²) in [6.07, 6.45) is 5.56. The zero-order chi connectivity index (χ0) is 19.8. The van der Waals surface area contributed by atoms with E-state index in [1.807, 2.05) is 42.5 Å². The fourth-order valence-electron chi connectivity index (χ4n) is 3.67. The molecule has 4 N–H and O–H groups in total. The van der Waals surface area contributed by atoms with E-state index < -0.39 is 0 Å². The molecule has 0 aliphatic heterocycles. The third-order valence-electron chi connectivity index (χ3n) is 5.53. The molecule has 146 valence electrons. The molecule has 5 rings (SSSR count). The lowest BCUT2D eigenvalue weighted by molar-refractivity contribution is 0.333. The molecule has 0 atom stereocenters. The van der Waals surface area contributed by atoms with E-state index in [0.717, 1.165) is 40.0 Å². The van der Waals surface area contributed by atoms with Crippen LogP contribution in [-0.4, -0.2) is 26.7 Å². The molecule has 0 spiro atoms. The molecule has 7 heteroatoms. The van der Waals surface area contributed by atoms with Gasteiger partial charge in [0.1, 0.15) is 0 Å². The second-order valence-electron chi connectivity index (χ2n) is 7.49. The van der Waals surface area contributed by atoms with Crippen molar-refractivity contribution in [3.8, 4) is 22.5 Å². The number of hydrogen-bond donors (Lipinski definition) is 3. The second-order valence-corrected chi connectivity index (χ2v) is 7.90. The Kier molecular flexibility index (Phi) is 4.56. The summed E-state index contributed by atoms with van der Waals surface area (Å²) >= 11 is 6.49. The van der Waals surface area contributed by atoms with Crippen molar-refractivity contribution in [3.05, 3.63) is 53.7 Å². The predicted molar refractivity (Wildman–Crippen MR) is 118 cm³/mol. The number of nitrogens with one attached hydrogen (secondary N) is 2. The maximum atomic E-state index is 6.49. The quantitative estimate of drug-likeness (QED) is 0.428. The molecule has 0 unspecified atom stereocenters. The summed E-state index contributed by atoms with van der Waals surface area (Å²) < 4.78 is 0. The Morgan fingerprint density at radius 2 is 1.86 bits per heavy atom. The van der Waals surface area contributed by atoms with Crippen molar-refractivity contribution in [2.45, 2.75) is 19.3 Å². The molecule has 0 radical (unpaired) electrons. The smallest absolute Gasteiger partial charge is 0.169 e. The highest BCUT2D eigenvalue weighted by atomic mass is 35.5. The van der Waals surface area contributed by atoms with Crippen molar-refractivity contribution in [2.24, 2.45) is 5.92 Å². The number of anilines is 2. The van der Waals surface area contributed by atoms with Crippen LogP contribution in [0.1, 0.15) is 19.3 Å². The van der Waals surface area contributed by atoms with Crippen molar-refractivity contribution in [1.82, 2.24) is 20.2 Å². The Hall–Kier alpha value is -3.12. The number of nitrogens with zero attached hydrogens (tertiary/aromatic N) is 3. The van der Waals surface area contributed by atoms with Crippen LogP contribution in [-0.2, 0) is 0 Å². The van der Waals surface area contributed by atoms with Crippen molar-refractivity contribution < 1.29 is 0 Å². The van der Waals surface area contributed by atoms with Gasteiger partial charge in [-0.2, -0.15) is 5.10 Å². The molecule has 2 aromatic carbocycles. The minimum Gasteiger partial charge on any atom is -0.381 e. The SMILES string of the molecule is Nc1nc(-c2ccccc2)c(-c2cc(Cl)c3[nH]ncc3c2)nc1NCC1CCC1. The van der Waals surface area contributed by atoms with E-state index in [-0.39, 0.29) is 0 Å². The van der Waals surface area contributed by atoms with Crippen LogP contribution in [0.4, 0.5) is 11.6 Å². The first kappa shape index (κ1) is 17.9. The minimum atomic E-state index is 0.405. The first-order valence-electron chi connectivity index (χ1n) is 9.79. The minimum absolute atomic E-state index is 0.405. The Morgan fingerprint density at radius 3 is 2.62 bits per heavy atom. The van der Waals surface area contributed by atoms with Crippen LogP contribution >= 0.6 is 11.6 Å². The van der Waals surface area contributed by atoms with Crippen molar-refractivity contribution >= 4 is 34.1 Å². The number of hydrogen-bond acceptors (Lipinski definition) is 5. The summed E-state index contributed by atoms with van der Waals surface area (Å²) in [6.45, 7) is 0.866. The van der Waals surface area contributed by atoms with Crippen molar-refractivity contribution in [1.29, 1.82) is 0 Å². The zero-order valence-electron chi connectivity index (χ0n) is 15.8. The maximum absolute atomic E-state index is 6.49. The molecule has 2 aromatic heterocycles. The molecule has 4 aromatic rings. The van der Waals surface area contributed by atoms with E-state index in [4.69, 9.17) is 27.3 Å². The lowest BCUT2D eigenvalue weighted by atomic mass is 9.85. The molecule has 1 fully saturated rings. The van der Waals surface area contributed by atoms with Crippen LogP contribution < -0.4 is 11.1 Å². The van der Waals surface area contributed by atoms with Gasteiger partial charge in [0.15, 0.2) is 11.6 Å². The van der Waals surface area contributed by atoms with Crippen molar-refractivity contribution in [2.75, 3.05) is 17.6 Å². The van der Waals surface area contributed by atoms with Crippen LogP contribution in [0.3, 0.4) is 0 Å². The molecule has 1 saturated carbocycles. The van der Waals surface area contributed by atoms with Gasteiger partial charge in [0.05, 0.1) is 28.1 Å². The van der Waals surface area contributed by atoms with Gasteiger partial charge in [-0.3, -0.25) is 5.10 Å². The molecular formula is C22H21ClN6. The van der Waals surface area contributed by atoms with E-state index in [1.165, 1.54) is 19.3 Å². The number of fused-ring (bicyclic) bond motifs is 1. The molecule has 29 heavy (non-hydrogen) atoms. The van der Waals surface area contributed by atoms with E-state index in [2.05, 4.69) is 15.5 Å². The second kappa shape index (κ2) is 7.37. The summed E-state index contributed by atoms with van der Waals surface area (Å²) in [6, 6.07) is 13.9. The monoisotopic (exact) mass is 404 g/mol. The first-order valence-corrected chi connectivity index (χ1v) is 10.2. The number of benzene rings is 2. The number of H-pyrrole nitrogens is 1. The fraction of sp³-hybridized carbons (Fsp3) is 0.227. The number of halogens is 1. The largest absolute Gasteiger partial charge is 0.381 e. The van der Waals surface area contributed by atoms with Gasteiger partial charge in [-0.1, -0.05) is 48.4 Å². The topological polar surface area (TPSA) is 92.5 Å². The summed E-state index contributed by atoms with van der Waals surface area (Å²) in [5.74, 6) is 1.71. The lowest BCUT2D eigenvalue weighted by Gasteiger charge is -2.26. The van der Waals surface area contributed by atoms with E-state index >= 15 is 0 Å². The molecule has 0 bridgehead atoms. The average Bonchev–Trinajstić information content (AvgIpc) is 3.17. The van der Waals surface area contributed by atoms with E-state index in [9.17, 15) is 0 Å². The van der Waals surface area contributed by atoms with Crippen LogP contribution in [0, 0.1) is 5.92 Å². The summed E-state index contributed by atoms with van der Waals surface area (Å²) in [4.78, 5) is 9.62. The Morgan fingerprint density at radius 1 is 1.07 bits per heavy atom. The van der Waals surface area contributed by atoms with E-state index in [1.54, 1.807) is 6.20 Å². The molecule has 0 saturated heterocycles. The van der Waals surface area contributed by atoms with Gasteiger partial charge in [-0.15, -0.1) is 0 Å². The van der Waals surface area contributed by atoms with Crippen LogP contribution in [0.2, 0.25) is 5.02 Å². The number of nitrogen functional groups attached to an aromatic ring is 1. The van der Waals surface area contributed by atoms with Gasteiger partial charge in [0, 0.05) is 23.1 Å². The number of rotatable bonds is 5. The average molecular weight is 405 g/mol. The Balaban J connectivity index is 1.64. The van der Waals surface area contributed by atoms with Gasteiger partial charge in [-0.05, 0) is 30.9 Å². The molecule has 6 nitrogen and oxygen atoms in total. The Labute approximate surface area is 173 Å². The predicted octanol–water partition coefficient (Wildman–Crippen LogP) is 5.13. The Bertz CT molecular complexity index is 1170. The number of nitrogens with two attached hydrogens (primary N) is 1. The fourth-order valence-corrected chi connectivity index (χ4v) is 3.93. The molecule has 1 aliphatic rings. The summed E-state index contributed by atoms with van der Waals surface area (Å²) in [5.41, 5.74) is 10.4. The molecule has 2 heterocycles. The number of aromatic amines is 1. The normalized spacial score (nSPS) is 14.1. The molecule has 1 aliphatic carbocycles. The zero-order valence-corrected chi connectivity index (χ0v) is 16.6. The van der Waals surface area contributed by atoms with Gasteiger partial charge in [0.25, 0.3) is 0 Å². The molecular weight excluding hydrogens is 384 g/mol. The van der Waals surface area contributed by atoms with Crippen LogP contribution in [0.5, 0.6) is 0 Å². The summed E-state index contributed by atoms with van der Waals surface area (Å²) in [7, 11) is 0. The standard InChI is InChI=1S/C22H21ClN6/c23-17-10-15(9-16-12-26-29-18(16)17)20-19(14-7-2-1-3-8-14)27-21(24)22(28-20)25-11-13-5-4-6-13/h1-3,7-10,12-13H,4-6,11H2,(H2,24,27)(H,25,28)(H,26,29). The van der Waals surface area contributed by atoms with Gasteiger partial charge in [-0.25, -0.2) is 9.97 Å². The third-order valence-corrected chi connectivity index (χ3v) is 5.83. The summed E-state index contributed by atoms with van der Waals surface area (Å²) in [5, 5.41) is 11.9. The maximum Gasteiger partial charge on any atom is 0.169 e. The highest BCUT2D eigenvalue weighted by molar-refractivity contribution is 6.35.